The van der Waals surface area contributed by atoms with Gasteiger partial charge in [0.05, 0.1) is 24.4 Å². The molecule has 0 spiro atoms. The first-order valence-corrected chi connectivity index (χ1v) is 5.52. The molecule has 0 atom stereocenters. The van der Waals surface area contributed by atoms with Gasteiger partial charge in [0.2, 0.25) is 0 Å². The van der Waals surface area contributed by atoms with Crippen LogP contribution in [0.15, 0.2) is 18.2 Å². The first kappa shape index (κ1) is 13.1. The van der Waals surface area contributed by atoms with Crippen LogP contribution in [-0.2, 0) is 9.53 Å². The molecule has 4 nitrogen and oxygen atoms in total. The zero-order valence-corrected chi connectivity index (χ0v) is 10.2. The van der Waals surface area contributed by atoms with Crippen molar-refractivity contribution in [2.45, 2.75) is 20.3 Å². The highest BCUT2D eigenvalue weighted by atomic mass is 16.5. The molecule has 1 aromatic carbocycles. The van der Waals surface area contributed by atoms with Gasteiger partial charge in [-0.2, -0.15) is 0 Å². The number of ether oxygens (including phenoxy) is 1. The van der Waals surface area contributed by atoms with Crippen molar-refractivity contribution in [2.24, 2.45) is 0 Å². The SMILES string of the molecule is CCOC(=O)CC=Cc1cc(N)c(N)cc1C. The average Bonchev–Trinajstić information content (AvgIpc) is 2.26. The summed E-state index contributed by atoms with van der Waals surface area (Å²) >= 11 is 0. The fourth-order valence-electron chi connectivity index (χ4n) is 1.45. The largest absolute Gasteiger partial charge is 0.466 e. The maximum absolute atomic E-state index is 11.1. The third kappa shape index (κ3) is 3.83. The van der Waals surface area contributed by atoms with Gasteiger partial charge in [0.15, 0.2) is 0 Å². The van der Waals surface area contributed by atoms with Gasteiger partial charge in [-0.3, -0.25) is 4.79 Å². The van der Waals surface area contributed by atoms with Gasteiger partial charge in [-0.05, 0) is 37.1 Å². The Morgan fingerprint density at radius 3 is 2.65 bits per heavy atom. The number of carbonyl (C=O) groups is 1. The van der Waals surface area contributed by atoms with Crippen molar-refractivity contribution in [3.63, 3.8) is 0 Å². The lowest BCUT2D eigenvalue weighted by atomic mass is 10.1. The van der Waals surface area contributed by atoms with Crippen molar-refractivity contribution in [2.75, 3.05) is 18.1 Å². The fourth-order valence-corrected chi connectivity index (χ4v) is 1.45. The fraction of sp³-hybridized carbons (Fsp3) is 0.308. The highest BCUT2D eigenvalue weighted by Gasteiger charge is 2.01. The van der Waals surface area contributed by atoms with Crippen molar-refractivity contribution in [1.29, 1.82) is 0 Å². The predicted octanol–water partition coefficient (Wildman–Crippen LogP) is 2.13. The van der Waals surface area contributed by atoms with Crippen LogP contribution in [0.2, 0.25) is 0 Å². The molecule has 0 amide bonds. The van der Waals surface area contributed by atoms with Crippen LogP contribution in [0.4, 0.5) is 11.4 Å². The van der Waals surface area contributed by atoms with Crippen LogP contribution >= 0.6 is 0 Å². The van der Waals surface area contributed by atoms with Crippen molar-refractivity contribution in [1.82, 2.24) is 0 Å². The molecule has 0 saturated carbocycles. The minimum absolute atomic E-state index is 0.232. The third-order valence-electron chi connectivity index (χ3n) is 2.36. The lowest BCUT2D eigenvalue weighted by Gasteiger charge is -2.05. The van der Waals surface area contributed by atoms with E-state index in [9.17, 15) is 4.79 Å². The van der Waals surface area contributed by atoms with E-state index in [0.29, 0.717) is 18.0 Å². The molecule has 92 valence electrons. The molecule has 0 unspecified atom stereocenters. The summed E-state index contributed by atoms with van der Waals surface area (Å²) in [7, 11) is 0. The highest BCUT2D eigenvalue weighted by molar-refractivity contribution is 5.74. The van der Waals surface area contributed by atoms with Gasteiger partial charge in [0.25, 0.3) is 0 Å². The van der Waals surface area contributed by atoms with Gasteiger partial charge in [0.1, 0.15) is 0 Å². The molecule has 0 aliphatic rings. The standard InChI is InChI=1S/C13H18N2O2/c1-3-17-13(16)6-4-5-10-8-12(15)11(14)7-9(10)2/h4-5,7-8H,3,6,14-15H2,1-2H3. The lowest BCUT2D eigenvalue weighted by molar-refractivity contribution is -0.142. The highest BCUT2D eigenvalue weighted by Crippen LogP contribution is 2.21. The summed E-state index contributed by atoms with van der Waals surface area (Å²) in [4.78, 5) is 11.1. The van der Waals surface area contributed by atoms with Crippen LogP contribution < -0.4 is 11.5 Å². The summed E-state index contributed by atoms with van der Waals surface area (Å²) in [6.45, 7) is 4.13. The van der Waals surface area contributed by atoms with Gasteiger partial charge in [-0.25, -0.2) is 0 Å². The molecule has 4 heteroatoms. The summed E-state index contributed by atoms with van der Waals surface area (Å²) in [5.74, 6) is -0.232. The van der Waals surface area contributed by atoms with E-state index in [1.165, 1.54) is 0 Å². The van der Waals surface area contributed by atoms with E-state index in [4.69, 9.17) is 16.2 Å². The second kappa shape index (κ2) is 5.94. The van der Waals surface area contributed by atoms with Crippen molar-refractivity contribution >= 4 is 23.4 Å². The van der Waals surface area contributed by atoms with Crippen LogP contribution in [0.3, 0.4) is 0 Å². The summed E-state index contributed by atoms with van der Waals surface area (Å²) in [6.07, 6.45) is 3.87. The van der Waals surface area contributed by atoms with E-state index < -0.39 is 0 Å². The molecule has 17 heavy (non-hydrogen) atoms. The first-order valence-electron chi connectivity index (χ1n) is 5.52. The topological polar surface area (TPSA) is 78.3 Å². The molecular weight excluding hydrogens is 216 g/mol. The lowest BCUT2D eigenvalue weighted by Crippen LogP contribution is -2.01. The predicted molar refractivity (Wildman–Crippen MR) is 70.3 cm³/mol. The monoisotopic (exact) mass is 234 g/mol. The minimum Gasteiger partial charge on any atom is -0.466 e. The van der Waals surface area contributed by atoms with E-state index in [1.54, 1.807) is 19.1 Å². The van der Waals surface area contributed by atoms with Gasteiger partial charge in [0, 0.05) is 0 Å². The second-order valence-electron chi connectivity index (χ2n) is 3.75. The number of hydrogen-bond acceptors (Lipinski definition) is 4. The van der Waals surface area contributed by atoms with Crippen molar-refractivity contribution in [3.05, 3.63) is 29.3 Å². The Bertz CT molecular complexity index is 439. The molecule has 0 aliphatic carbocycles. The van der Waals surface area contributed by atoms with Gasteiger partial charge in [-0.1, -0.05) is 12.2 Å². The number of rotatable bonds is 4. The zero-order valence-electron chi connectivity index (χ0n) is 10.2. The summed E-state index contributed by atoms with van der Waals surface area (Å²) in [5.41, 5.74) is 14.5. The summed E-state index contributed by atoms with van der Waals surface area (Å²) in [6, 6.07) is 3.62. The average molecular weight is 234 g/mol. The minimum atomic E-state index is -0.232. The molecule has 0 saturated heterocycles. The van der Waals surface area contributed by atoms with E-state index >= 15 is 0 Å². The number of nitrogen functional groups attached to an aromatic ring is 2. The van der Waals surface area contributed by atoms with Crippen LogP contribution in [0.1, 0.15) is 24.5 Å². The number of hydrogen-bond donors (Lipinski definition) is 2. The van der Waals surface area contributed by atoms with Crippen molar-refractivity contribution < 1.29 is 9.53 Å². The van der Waals surface area contributed by atoms with Crippen LogP contribution in [-0.4, -0.2) is 12.6 Å². The third-order valence-corrected chi connectivity index (χ3v) is 2.36. The van der Waals surface area contributed by atoms with Crippen LogP contribution in [0.25, 0.3) is 6.08 Å². The van der Waals surface area contributed by atoms with Gasteiger partial charge < -0.3 is 16.2 Å². The molecule has 4 N–H and O–H groups in total. The van der Waals surface area contributed by atoms with Crippen molar-refractivity contribution in [3.8, 4) is 0 Å². The zero-order chi connectivity index (χ0) is 12.8. The summed E-state index contributed by atoms with van der Waals surface area (Å²) < 4.78 is 4.82. The molecular formula is C13H18N2O2. The Labute approximate surface area is 101 Å². The van der Waals surface area contributed by atoms with Crippen LogP contribution in [0.5, 0.6) is 0 Å². The number of esters is 1. The van der Waals surface area contributed by atoms with E-state index in [1.807, 2.05) is 19.1 Å². The second-order valence-corrected chi connectivity index (χ2v) is 3.75. The Hall–Kier alpha value is -1.97. The number of aryl methyl sites for hydroxylation is 1. The van der Waals surface area contributed by atoms with Gasteiger partial charge in [-0.15, -0.1) is 0 Å². The molecule has 0 bridgehead atoms. The van der Waals surface area contributed by atoms with E-state index in [0.717, 1.165) is 11.1 Å². The molecule has 1 aromatic rings. The molecule has 0 aliphatic heterocycles. The number of carbonyl (C=O) groups excluding carboxylic acids is 1. The Morgan fingerprint density at radius 1 is 1.35 bits per heavy atom. The Balaban J connectivity index is 2.71. The molecule has 0 radical (unpaired) electrons. The molecule has 0 fully saturated rings. The Morgan fingerprint density at radius 2 is 2.00 bits per heavy atom. The Kier molecular flexibility index (Phi) is 4.57. The smallest absolute Gasteiger partial charge is 0.309 e. The van der Waals surface area contributed by atoms with Crippen LogP contribution in [0, 0.1) is 6.92 Å². The number of benzene rings is 1. The molecule has 0 heterocycles. The maximum atomic E-state index is 11.1. The normalized spacial score (nSPS) is 10.7. The summed E-state index contributed by atoms with van der Waals surface area (Å²) in [5, 5.41) is 0. The van der Waals surface area contributed by atoms with Gasteiger partial charge >= 0.3 is 5.97 Å². The van der Waals surface area contributed by atoms with E-state index in [-0.39, 0.29) is 12.4 Å². The molecule has 1 rings (SSSR count). The first-order chi connectivity index (χ1) is 8.04. The number of anilines is 2. The maximum Gasteiger partial charge on any atom is 0.309 e. The quantitative estimate of drug-likeness (QED) is 0.618. The van der Waals surface area contributed by atoms with E-state index in [2.05, 4.69) is 0 Å². The molecule has 0 aromatic heterocycles. The number of nitrogens with two attached hydrogens (primary N) is 2.